The first-order valence-corrected chi connectivity index (χ1v) is 16.4. The largest absolute Gasteiger partial charge is 0.504 e. The molecule has 1 aromatic carbocycles. The number of rotatable bonds is 11. The summed E-state index contributed by atoms with van der Waals surface area (Å²) in [5, 5.41) is 44.1. The number of anilines is 1. The molecule has 238 valence electrons. The number of thioether (sulfide) groups is 1. The van der Waals surface area contributed by atoms with Crippen LogP contribution in [0.15, 0.2) is 40.0 Å². The van der Waals surface area contributed by atoms with Crippen molar-refractivity contribution in [3.05, 3.63) is 46.1 Å². The lowest BCUT2D eigenvalue weighted by atomic mass is 9.85. The first-order chi connectivity index (χ1) is 21.5. The van der Waals surface area contributed by atoms with E-state index in [4.69, 9.17) is 10.6 Å². The average molecular weight is 659 g/mol. The summed E-state index contributed by atoms with van der Waals surface area (Å²) < 4.78 is 0.857. The maximum absolute atomic E-state index is 13.6. The number of carboxylic acid groups (broad SMARTS) is 2. The van der Waals surface area contributed by atoms with Crippen molar-refractivity contribution < 1.29 is 48.9 Å². The van der Waals surface area contributed by atoms with Crippen LogP contribution in [-0.2, 0) is 24.0 Å². The number of benzene rings is 1. The molecule has 0 aliphatic carbocycles. The van der Waals surface area contributed by atoms with Crippen molar-refractivity contribution in [3.8, 4) is 11.5 Å². The second kappa shape index (κ2) is 12.0. The van der Waals surface area contributed by atoms with Gasteiger partial charge in [-0.1, -0.05) is 11.2 Å². The molecule has 0 radical (unpaired) electrons. The molecule has 5 aliphatic rings. The number of phenolic OH excluding ortho intramolecular Hbond substituents is 2. The Hall–Kier alpha value is -4.15. The Morgan fingerprint density at radius 2 is 1.84 bits per heavy atom. The Morgan fingerprint density at radius 1 is 1.13 bits per heavy atom. The first-order valence-electron chi connectivity index (χ1n) is 14.4. The van der Waals surface area contributed by atoms with Crippen molar-refractivity contribution in [2.24, 2.45) is 17.0 Å². The number of nitrogens with two attached hydrogens (primary N) is 1. The van der Waals surface area contributed by atoms with Gasteiger partial charge in [0.25, 0.3) is 0 Å². The van der Waals surface area contributed by atoms with E-state index in [9.17, 15) is 39.6 Å². The lowest BCUT2D eigenvalue weighted by Gasteiger charge is -2.52. The number of hydrogen-bond acceptors (Lipinski definition) is 12. The molecule has 1 aromatic heterocycles. The number of carbonyl (C=O) groups excluding carboxylic acids is 2. The molecule has 0 unspecified atom stereocenters. The number of aromatic nitrogens is 1. The summed E-state index contributed by atoms with van der Waals surface area (Å²) in [6.45, 7) is 3.65. The predicted octanol–water partition coefficient (Wildman–Crippen LogP) is 2.14. The zero-order chi connectivity index (χ0) is 32.0. The standard InChI is InChI=1S/C29H31N5O9S2/c30-29-31-18(13-45-29)22(32-43-24(28(41)42)15-1-2-19(35)20(36)9-15)21(37)10-17-25(38)33-23(27(39)40)16(12-44-26(17)33)11-34-6-3-14(4-7-34)5-8-34/h1-2,9,13-14,17,24,26H,3-8,10-12H2,(H5-,30,31,32,35,36,37,39,40,41,42)/p+1/t14?,17-,24+,26-,34?/m1/s1. The molecule has 2 bridgehead atoms. The third-order valence-corrected chi connectivity index (χ3v) is 11.2. The molecule has 45 heavy (non-hydrogen) atoms. The molecule has 4 saturated heterocycles. The topological polar surface area (TPSA) is 213 Å². The highest BCUT2D eigenvalue weighted by atomic mass is 32.2. The van der Waals surface area contributed by atoms with Crippen molar-refractivity contribution in [2.75, 3.05) is 37.7 Å². The molecular weight excluding hydrogens is 626 g/mol. The summed E-state index contributed by atoms with van der Waals surface area (Å²) in [7, 11) is 0. The number of Topliss-reactive ketones (excluding diaryl/α,β-unsaturated/α-hetero) is 1. The number of ketones is 1. The maximum atomic E-state index is 13.6. The summed E-state index contributed by atoms with van der Waals surface area (Å²) in [6.07, 6.45) is 1.32. The van der Waals surface area contributed by atoms with Crippen LogP contribution in [-0.4, -0.2) is 101 Å². The summed E-state index contributed by atoms with van der Waals surface area (Å²) in [4.78, 5) is 62.1. The van der Waals surface area contributed by atoms with Gasteiger partial charge in [0.1, 0.15) is 17.9 Å². The third kappa shape index (κ3) is 5.84. The number of aromatic hydroxyl groups is 2. The summed E-state index contributed by atoms with van der Waals surface area (Å²) in [5.74, 6) is -4.46. The van der Waals surface area contributed by atoms with Crippen LogP contribution in [0.2, 0.25) is 0 Å². The molecule has 0 spiro atoms. The number of aliphatic carboxylic acids is 2. The number of carbonyl (C=O) groups is 4. The molecule has 5 aliphatic heterocycles. The quantitative estimate of drug-likeness (QED) is 0.0773. The third-order valence-electron chi connectivity index (χ3n) is 9.13. The van der Waals surface area contributed by atoms with Gasteiger partial charge in [0.05, 0.1) is 30.9 Å². The highest BCUT2D eigenvalue weighted by molar-refractivity contribution is 8.00. The molecule has 1 amide bonds. The zero-order valence-corrected chi connectivity index (χ0v) is 25.6. The molecule has 7 rings (SSSR count). The van der Waals surface area contributed by atoms with E-state index in [1.807, 2.05) is 0 Å². The molecule has 3 atom stereocenters. The molecule has 6 N–H and O–H groups in total. The normalized spacial score (nSPS) is 26.7. The zero-order valence-electron chi connectivity index (χ0n) is 24.0. The minimum absolute atomic E-state index is 0.0126. The van der Waals surface area contributed by atoms with Crippen molar-refractivity contribution in [1.82, 2.24) is 9.88 Å². The highest BCUT2D eigenvalue weighted by Crippen LogP contribution is 2.46. The van der Waals surface area contributed by atoms with Crippen LogP contribution in [0.25, 0.3) is 0 Å². The second-order valence-corrected chi connectivity index (χ2v) is 13.9. The number of hydrogen-bond donors (Lipinski definition) is 5. The summed E-state index contributed by atoms with van der Waals surface area (Å²) >= 11 is 2.45. The SMILES string of the molecule is Nc1nc(/C(=N/O[C@H](C(=O)O)c2ccc(O)c(O)c2)C(=O)C[C@@H]2C(=O)N3C(C(=O)O)=C(C[N+]45CCC(CC4)CC5)CS[C@H]23)cs1. The number of quaternary nitrogens is 1. The van der Waals surface area contributed by atoms with E-state index in [1.165, 1.54) is 28.1 Å². The van der Waals surface area contributed by atoms with E-state index in [0.717, 1.165) is 78.3 Å². The fraction of sp³-hybridized carbons (Fsp3) is 0.448. The number of nitrogen functional groups attached to an aromatic ring is 1. The summed E-state index contributed by atoms with van der Waals surface area (Å²) in [6, 6.07) is 3.29. The molecule has 6 heterocycles. The van der Waals surface area contributed by atoms with Gasteiger partial charge in [-0.25, -0.2) is 14.6 Å². The van der Waals surface area contributed by atoms with Crippen LogP contribution in [0, 0.1) is 11.8 Å². The van der Waals surface area contributed by atoms with Gasteiger partial charge in [0, 0.05) is 28.7 Å². The number of nitrogens with zero attached hydrogens (tertiary/aromatic N) is 4. The molecule has 4 fully saturated rings. The van der Waals surface area contributed by atoms with Crippen LogP contribution in [0.5, 0.6) is 11.5 Å². The number of β-lactam (4-membered cyclic amide) rings is 1. The minimum atomic E-state index is -1.76. The Kier molecular flexibility index (Phi) is 8.22. The molecular formula is C29H32N5O9S2+. The fourth-order valence-corrected chi connectivity index (χ4v) is 8.66. The van der Waals surface area contributed by atoms with Crippen molar-refractivity contribution in [3.63, 3.8) is 0 Å². The van der Waals surface area contributed by atoms with Crippen LogP contribution < -0.4 is 5.73 Å². The van der Waals surface area contributed by atoms with E-state index in [1.54, 1.807) is 0 Å². The fourth-order valence-electron chi connectivity index (χ4n) is 6.71. The predicted molar refractivity (Wildman–Crippen MR) is 162 cm³/mol. The minimum Gasteiger partial charge on any atom is -0.504 e. The highest BCUT2D eigenvalue weighted by Gasteiger charge is 2.55. The number of carboxylic acids is 2. The number of amides is 1. The van der Waals surface area contributed by atoms with Gasteiger partial charge in [-0.2, -0.15) is 0 Å². The van der Waals surface area contributed by atoms with E-state index in [0.29, 0.717) is 12.3 Å². The smallest absolute Gasteiger partial charge is 0.352 e. The number of phenols is 2. The average Bonchev–Trinajstić information content (AvgIpc) is 3.45. The van der Waals surface area contributed by atoms with E-state index in [2.05, 4.69) is 10.1 Å². The van der Waals surface area contributed by atoms with E-state index < -0.39 is 52.5 Å². The van der Waals surface area contributed by atoms with E-state index >= 15 is 0 Å². The Balaban J connectivity index is 1.22. The lowest BCUT2D eigenvalue weighted by molar-refractivity contribution is -0.938. The summed E-state index contributed by atoms with van der Waals surface area (Å²) in [5.41, 5.74) is 6.13. The van der Waals surface area contributed by atoms with Gasteiger partial charge in [0.15, 0.2) is 28.1 Å². The van der Waals surface area contributed by atoms with Crippen LogP contribution in [0.3, 0.4) is 0 Å². The van der Waals surface area contributed by atoms with Gasteiger partial charge < -0.3 is 35.5 Å². The van der Waals surface area contributed by atoms with Crippen molar-refractivity contribution in [2.45, 2.75) is 37.2 Å². The molecule has 0 saturated carbocycles. The van der Waals surface area contributed by atoms with Gasteiger partial charge in [-0.05, 0) is 37.3 Å². The Bertz CT molecular complexity index is 1620. The van der Waals surface area contributed by atoms with Gasteiger partial charge in [-0.3, -0.25) is 14.5 Å². The van der Waals surface area contributed by atoms with Crippen LogP contribution in [0.1, 0.15) is 43.0 Å². The van der Waals surface area contributed by atoms with Crippen molar-refractivity contribution >= 4 is 57.6 Å². The van der Waals surface area contributed by atoms with Gasteiger partial charge in [0.2, 0.25) is 12.0 Å². The Morgan fingerprint density at radius 3 is 2.44 bits per heavy atom. The molecule has 2 aromatic rings. The monoisotopic (exact) mass is 658 g/mol. The lowest BCUT2D eigenvalue weighted by Crippen LogP contribution is -2.64. The van der Waals surface area contributed by atoms with Crippen molar-refractivity contribution in [1.29, 1.82) is 0 Å². The molecule has 14 nitrogen and oxygen atoms in total. The first kappa shape index (κ1) is 30.9. The molecule has 16 heteroatoms. The van der Waals surface area contributed by atoms with Gasteiger partial charge >= 0.3 is 11.9 Å². The van der Waals surface area contributed by atoms with E-state index in [-0.39, 0.29) is 34.2 Å². The number of oxime groups is 1. The van der Waals surface area contributed by atoms with Crippen LogP contribution in [0.4, 0.5) is 5.13 Å². The van der Waals surface area contributed by atoms with Crippen LogP contribution >= 0.6 is 23.1 Å². The number of fused-ring (bicyclic) bond motifs is 4. The maximum Gasteiger partial charge on any atom is 0.352 e. The van der Waals surface area contributed by atoms with Gasteiger partial charge in [-0.15, -0.1) is 23.1 Å². The Labute approximate surface area is 265 Å². The second-order valence-electron chi connectivity index (χ2n) is 11.9. The number of piperidine rings is 3. The number of thiazole rings is 1.